The fourth-order valence-corrected chi connectivity index (χ4v) is 6.43. The van der Waals surface area contributed by atoms with Crippen LogP contribution in [-0.2, 0) is 13.6 Å². The second-order valence-corrected chi connectivity index (χ2v) is 11.7. The molecular formula is C17H21O3PSe2. The molecule has 0 aliphatic carbocycles. The predicted octanol–water partition coefficient (Wildman–Crippen LogP) is 2.74. The fourth-order valence-electron chi connectivity index (χ4n) is 1.80. The van der Waals surface area contributed by atoms with Crippen LogP contribution in [0.2, 0.25) is 10.6 Å². The molecule has 0 aromatic heterocycles. The fraction of sp³-hybridized carbons (Fsp3) is 0.294. The first-order valence-electron chi connectivity index (χ1n) is 7.38. The third-order valence-electron chi connectivity index (χ3n) is 2.84. The van der Waals surface area contributed by atoms with Gasteiger partial charge in [0.05, 0.1) is 0 Å². The van der Waals surface area contributed by atoms with E-state index in [4.69, 9.17) is 9.05 Å². The molecule has 124 valence electrons. The quantitative estimate of drug-likeness (QED) is 0.310. The van der Waals surface area contributed by atoms with E-state index in [0.717, 1.165) is 10.6 Å². The summed E-state index contributed by atoms with van der Waals surface area (Å²) in [7, 11) is -2.92. The Morgan fingerprint density at radius 1 is 0.783 bits per heavy atom. The molecule has 0 aliphatic rings. The Morgan fingerprint density at radius 2 is 1.17 bits per heavy atom. The summed E-state index contributed by atoms with van der Waals surface area (Å²) in [6.45, 7) is 2.55. The molecule has 0 N–H and O–H groups in total. The third kappa shape index (κ3) is 8.33. The second kappa shape index (κ2) is 10.5. The zero-order chi connectivity index (χ0) is 16.4. The standard InChI is InChI=1S/C17H21O3PSe2/c1-21(18,19-12-14-22-16-8-4-2-5-9-16)20-13-15-23-17-10-6-3-7-11-17/h2-11H,12-15H2,1H3. The van der Waals surface area contributed by atoms with Crippen molar-refractivity contribution in [1.82, 2.24) is 0 Å². The van der Waals surface area contributed by atoms with Crippen molar-refractivity contribution in [3.8, 4) is 0 Å². The van der Waals surface area contributed by atoms with Crippen LogP contribution in [0.15, 0.2) is 60.7 Å². The average Bonchev–Trinajstić information content (AvgIpc) is 2.58. The molecule has 23 heavy (non-hydrogen) atoms. The molecule has 0 heterocycles. The normalized spacial score (nSPS) is 11.5. The summed E-state index contributed by atoms with van der Waals surface area (Å²) >= 11 is 0.718. The maximum atomic E-state index is 12.2. The van der Waals surface area contributed by atoms with Crippen LogP contribution in [0.1, 0.15) is 0 Å². The summed E-state index contributed by atoms with van der Waals surface area (Å²) in [5.41, 5.74) is 0. The van der Waals surface area contributed by atoms with Crippen LogP contribution in [0.5, 0.6) is 0 Å². The molecule has 0 saturated heterocycles. The summed E-state index contributed by atoms with van der Waals surface area (Å²) < 4.78 is 25.8. The zero-order valence-corrected chi connectivity index (χ0v) is 17.4. The van der Waals surface area contributed by atoms with Crippen LogP contribution >= 0.6 is 7.60 Å². The van der Waals surface area contributed by atoms with Gasteiger partial charge in [0.15, 0.2) is 0 Å². The van der Waals surface area contributed by atoms with Crippen molar-refractivity contribution in [2.75, 3.05) is 19.9 Å². The first-order chi connectivity index (χ1) is 11.2. The summed E-state index contributed by atoms with van der Waals surface area (Å²) in [5.74, 6) is 0. The molecule has 2 aromatic carbocycles. The van der Waals surface area contributed by atoms with Crippen LogP contribution in [0.3, 0.4) is 0 Å². The third-order valence-corrected chi connectivity index (χ3v) is 8.24. The van der Waals surface area contributed by atoms with Crippen molar-refractivity contribution in [3.63, 3.8) is 0 Å². The molecule has 2 aromatic rings. The van der Waals surface area contributed by atoms with Gasteiger partial charge in [-0.3, -0.25) is 0 Å². The van der Waals surface area contributed by atoms with Gasteiger partial charge in [-0.2, -0.15) is 0 Å². The Morgan fingerprint density at radius 3 is 1.57 bits per heavy atom. The molecule has 0 radical (unpaired) electrons. The van der Waals surface area contributed by atoms with Crippen LogP contribution in [0.25, 0.3) is 0 Å². The van der Waals surface area contributed by atoms with E-state index >= 15 is 0 Å². The molecule has 6 heteroatoms. The van der Waals surface area contributed by atoms with Gasteiger partial charge < -0.3 is 0 Å². The van der Waals surface area contributed by atoms with Gasteiger partial charge >= 0.3 is 151 Å². The van der Waals surface area contributed by atoms with Crippen molar-refractivity contribution in [2.45, 2.75) is 10.6 Å². The van der Waals surface area contributed by atoms with Crippen molar-refractivity contribution in [1.29, 1.82) is 0 Å². The van der Waals surface area contributed by atoms with Crippen LogP contribution in [-0.4, -0.2) is 49.8 Å². The van der Waals surface area contributed by atoms with Gasteiger partial charge in [0.2, 0.25) is 0 Å². The van der Waals surface area contributed by atoms with Gasteiger partial charge in [-0.15, -0.1) is 0 Å². The van der Waals surface area contributed by atoms with E-state index in [2.05, 4.69) is 24.3 Å². The number of hydrogen-bond acceptors (Lipinski definition) is 3. The number of benzene rings is 2. The van der Waals surface area contributed by atoms with Crippen molar-refractivity contribution < 1.29 is 13.6 Å². The maximum absolute atomic E-state index is 12.2. The summed E-state index contributed by atoms with van der Waals surface area (Å²) in [6.07, 6.45) is 0. The van der Waals surface area contributed by atoms with Crippen molar-refractivity contribution in [3.05, 3.63) is 60.7 Å². The summed E-state index contributed by atoms with van der Waals surface area (Å²) in [6, 6.07) is 20.7. The van der Waals surface area contributed by atoms with E-state index in [1.807, 2.05) is 36.4 Å². The van der Waals surface area contributed by atoms with Gasteiger partial charge in [-0.25, -0.2) is 0 Å². The second-order valence-electron chi connectivity index (χ2n) is 4.76. The van der Waals surface area contributed by atoms with Gasteiger partial charge in [0.1, 0.15) is 0 Å². The minimum absolute atomic E-state index is 0.359. The van der Waals surface area contributed by atoms with E-state index in [0.29, 0.717) is 43.1 Å². The van der Waals surface area contributed by atoms with E-state index in [1.54, 1.807) is 6.66 Å². The zero-order valence-electron chi connectivity index (χ0n) is 13.1. The monoisotopic (exact) mass is 464 g/mol. The molecule has 0 atom stereocenters. The number of rotatable bonds is 10. The molecule has 0 bridgehead atoms. The number of hydrogen-bond donors (Lipinski definition) is 0. The van der Waals surface area contributed by atoms with Gasteiger partial charge in [0.25, 0.3) is 0 Å². The van der Waals surface area contributed by atoms with E-state index in [1.165, 1.54) is 8.92 Å². The Kier molecular flexibility index (Phi) is 8.64. The molecule has 0 saturated carbocycles. The molecule has 0 aliphatic heterocycles. The average molecular weight is 462 g/mol. The van der Waals surface area contributed by atoms with Crippen LogP contribution in [0, 0.1) is 0 Å². The van der Waals surface area contributed by atoms with Crippen molar-refractivity contribution in [2.24, 2.45) is 0 Å². The Balaban J connectivity index is 1.58. The molecule has 0 fully saturated rings. The molecule has 3 nitrogen and oxygen atoms in total. The van der Waals surface area contributed by atoms with Gasteiger partial charge in [-0.05, 0) is 0 Å². The first kappa shape index (κ1) is 19.0. The molecule has 2 rings (SSSR count). The molecular weight excluding hydrogens is 441 g/mol. The van der Waals surface area contributed by atoms with E-state index < -0.39 is 7.60 Å². The summed E-state index contributed by atoms with van der Waals surface area (Å²) in [5, 5.41) is 1.82. The predicted molar refractivity (Wildman–Crippen MR) is 98.7 cm³/mol. The Bertz CT molecular complexity index is 556. The van der Waals surface area contributed by atoms with Gasteiger partial charge in [0, 0.05) is 0 Å². The van der Waals surface area contributed by atoms with Gasteiger partial charge in [-0.1, -0.05) is 0 Å². The van der Waals surface area contributed by atoms with Crippen LogP contribution < -0.4 is 8.92 Å². The van der Waals surface area contributed by atoms with Crippen LogP contribution in [0.4, 0.5) is 0 Å². The SMILES string of the molecule is CP(=O)(OCC[Se]c1ccccc1)OCC[Se]c1ccccc1. The van der Waals surface area contributed by atoms with E-state index in [-0.39, 0.29) is 0 Å². The summed E-state index contributed by atoms with van der Waals surface area (Å²) in [4.78, 5) is 0. The molecule has 0 amide bonds. The Hall–Kier alpha value is -0.371. The minimum atomic E-state index is -2.92. The first-order valence-corrected chi connectivity index (χ1v) is 13.5. The molecule has 0 unspecified atom stereocenters. The van der Waals surface area contributed by atoms with E-state index in [9.17, 15) is 4.57 Å². The van der Waals surface area contributed by atoms with Crippen molar-refractivity contribution >= 4 is 46.4 Å². The Labute approximate surface area is 151 Å². The molecule has 0 spiro atoms. The topological polar surface area (TPSA) is 35.5 Å².